The molecule has 19 heavy (non-hydrogen) atoms. The molecule has 0 fully saturated rings. The topological polar surface area (TPSA) is 46.9 Å². The van der Waals surface area contributed by atoms with Crippen LogP contribution in [0.2, 0.25) is 0 Å². The summed E-state index contributed by atoms with van der Waals surface area (Å²) < 4.78 is 3.11. The molecule has 0 aromatic carbocycles. The Labute approximate surface area is 125 Å². The third-order valence-electron chi connectivity index (χ3n) is 2.69. The molecule has 4 nitrogen and oxygen atoms in total. The van der Waals surface area contributed by atoms with Crippen molar-refractivity contribution in [3.8, 4) is 0 Å². The van der Waals surface area contributed by atoms with E-state index in [0.29, 0.717) is 6.42 Å². The standard InChI is InChI=1S/C13H16BrN3OS/c14-12-4-3-11(19-12)9-13(18)16-5-1-2-7-17-8-6-15-10-17/h3-4,6,8,10H,1-2,5,7,9H2,(H,16,18). The lowest BCUT2D eigenvalue weighted by Gasteiger charge is -2.05. The monoisotopic (exact) mass is 341 g/mol. The van der Waals surface area contributed by atoms with Gasteiger partial charge in [0.15, 0.2) is 0 Å². The Morgan fingerprint density at radius 2 is 2.32 bits per heavy atom. The first-order valence-electron chi connectivity index (χ1n) is 6.21. The Morgan fingerprint density at radius 1 is 1.42 bits per heavy atom. The van der Waals surface area contributed by atoms with Crippen molar-refractivity contribution in [1.29, 1.82) is 0 Å². The third kappa shape index (κ3) is 5.16. The average Bonchev–Trinajstić information content (AvgIpc) is 3.01. The molecule has 2 heterocycles. The third-order valence-corrected chi connectivity index (χ3v) is 4.31. The second-order valence-corrected chi connectivity index (χ2v) is 6.79. The number of hydrogen-bond donors (Lipinski definition) is 1. The number of carbonyl (C=O) groups is 1. The zero-order valence-electron chi connectivity index (χ0n) is 10.5. The van der Waals surface area contributed by atoms with Crippen molar-refractivity contribution in [2.24, 2.45) is 0 Å². The first-order chi connectivity index (χ1) is 9.24. The summed E-state index contributed by atoms with van der Waals surface area (Å²) in [5.74, 6) is 0.0944. The fraction of sp³-hybridized carbons (Fsp3) is 0.385. The van der Waals surface area contributed by atoms with Crippen LogP contribution >= 0.6 is 27.3 Å². The van der Waals surface area contributed by atoms with Crippen LogP contribution in [0.25, 0.3) is 0 Å². The Balaban J connectivity index is 1.56. The number of thiophene rings is 1. The lowest BCUT2D eigenvalue weighted by molar-refractivity contribution is -0.120. The number of nitrogens with one attached hydrogen (secondary N) is 1. The number of halogens is 1. The zero-order chi connectivity index (χ0) is 13.5. The van der Waals surface area contributed by atoms with Gasteiger partial charge in [-0.3, -0.25) is 4.79 Å². The quantitative estimate of drug-likeness (QED) is 0.787. The molecule has 1 N–H and O–H groups in total. The molecule has 6 heteroatoms. The Bertz CT molecular complexity index is 510. The van der Waals surface area contributed by atoms with Gasteiger partial charge in [0, 0.05) is 30.4 Å². The molecule has 2 aromatic rings. The Kier molecular flexibility index (Phi) is 5.60. The first kappa shape index (κ1) is 14.3. The predicted molar refractivity (Wildman–Crippen MR) is 80.2 cm³/mol. The van der Waals surface area contributed by atoms with Crippen molar-refractivity contribution >= 4 is 33.2 Å². The summed E-state index contributed by atoms with van der Waals surface area (Å²) in [7, 11) is 0. The SMILES string of the molecule is O=C(Cc1ccc(Br)s1)NCCCCn1ccnc1. The molecule has 102 valence electrons. The van der Waals surface area contributed by atoms with E-state index in [0.717, 1.165) is 34.6 Å². The molecule has 2 aromatic heterocycles. The maximum atomic E-state index is 11.7. The van der Waals surface area contributed by atoms with Crippen LogP contribution in [0.15, 0.2) is 34.6 Å². The van der Waals surface area contributed by atoms with E-state index in [9.17, 15) is 4.79 Å². The minimum atomic E-state index is 0.0944. The van der Waals surface area contributed by atoms with Gasteiger partial charge < -0.3 is 9.88 Å². The number of unbranched alkanes of at least 4 members (excludes halogenated alkanes) is 1. The van der Waals surface area contributed by atoms with Crippen molar-refractivity contribution < 1.29 is 4.79 Å². The van der Waals surface area contributed by atoms with Gasteiger partial charge in [-0.25, -0.2) is 4.98 Å². The highest BCUT2D eigenvalue weighted by molar-refractivity contribution is 9.11. The number of carbonyl (C=O) groups excluding carboxylic acids is 1. The summed E-state index contributed by atoms with van der Waals surface area (Å²) in [5.41, 5.74) is 0. The van der Waals surface area contributed by atoms with Crippen molar-refractivity contribution in [2.45, 2.75) is 25.8 Å². The summed E-state index contributed by atoms with van der Waals surface area (Å²) in [4.78, 5) is 16.8. The molecule has 0 saturated heterocycles. The second-order valence-electron chi connectivity index (χ2n) is 4.24. The van der Waals surface area contributed by atoms with Gasteiger partial charge in [0.05, 0.1) is 16.5 Å². The van der Waals surface area contributed by atoms with Gasteiger partial charge in [-0.15, -0.1) is 11.3 Å². The molecule has 0 atom stereocenters. The van der Waals surface area contributed by atoms with Crippen molar-refractivity contribution in [3.63, 3.8) is 0 Å². The molecule has 1 amide bonds. The summed E-state index contributed by atoms with van der Waals surface area (Å²) in [6, 6.07) is 3.95. The lowest BCUT2D eigenvalue weighted by Crippen LogP contribution is -2.25. The highest BCUT2D eigenvalue weighted by Crippen LogP contribution is 2.22. The number of nitrogens with zero attached hydrogens (tertiary/aromatic N) is 2. The fourth-order valence-electron chi connectivity index (χ4n) is 1.73. The summed E-state index contributed by atoms with van der Waals surface area (Å²) in [6.45, 7) is 1.69. The van der Waals surface area contributed by atoms with Gasteiger partial charge >= 0.3 is 0 Å². The molecule has 0 saturated carbocycles. The fourth-order valence-corrected chi connectivity index (χ4v) is 3.22. The van der Waals surface area contributed by atoms with Gasteiger partial charge in [-0.1, -0.05) is 0 Å². The predicted octanol–water partition coefficient (Wildman–Crippen LogP) is 2.85. The first-order valence-corrected chi connectivity index (χ1v) is 7.81. The van der Waals surface area contributed by atoms with Gasteiger partial charge in [0.25, 0.3) is 0 Å². The number of aryl methyl sites for hydroxylation is 1. The molecule has 0 aliphatic heterocycles. The average molecular weight is 342 g/mol. The maximum Gasteiger partial charge on any atom is 0.225 e. The van der Waals surface area contributed by atoms with E-state index in [1.165, 1.54) is 0 Å². The molecule has 0 bridgehead atoms. The number of aromatic nitrogens is 2. The molecule has 0 radical (unpaired) electrons. The smallest absolute Gasteiger partial charge is 0.225 e. The van der Waals surface area contributed by atoms with E-state index in [1.807, 2.05) is 29.2 Å². The lowest BCUT2D eigenvalue weighted by atomic mass is 10.3. The second kappa shape index (κ2) is 7.45. The van der Waals surface area contributed by atoms with Crippen LogP contribution in [0.3, 0.4) is 0 Å². The molecule has 2 rings (SSSR count). The molecule has 0 spiro atoms. The highest BCUT2D eigenvalue weighted by Gasteiger charge is 2.04. The normalized spacial score (nSPS) is 10.6. The Hall–Kier alpha value is -1.14. The van der Waals surface area contributed by atoms with Crippen LogP contribution in [-0.2, 0) is 17.8 Å². The van der Waals surface area contributed by atoms with Crippen LogP contribution in [0.1, 0.15) is 17.7 Å². The summed E-state index contributed by atoms with van der Waals surface area (Å²) >= 11 is 5.00. The van der Waals surface area contributed by atoms with E-state index >= 15 is 0 Å². The van der Waals surface area contributed by atoms with Gasteiger partial charge in [0.2, 0.25) is 5.91 Å². The largest absolute Gasteiger partial charge is 0.356 e. The maximum absolute atomic E-state index is 11.7. The zero-order valence-corrected chi connectivity index (χ0v) is 12.9. The van der Waals surface area contributed by atoms with Gasteiger partial charge in [-0.05, 0) is 40.9 Å². The van der Waals surface area contributed by atoms with E-state index < -0.39 is 0 Å². The van der Waals surface area contributed by atoms with Crippen molar-refractivity contribution in [3.05, 3.63) is 39.5 Å². The molecule has 0 aliphatic rings. The van der Waals surface area contributed by atoms with Crippen molar-refractivity contribution in [1.82, 2.24) is 14.9 Å². The van der Waals surface area contributed by atoms with Crippen LogP contribution in [0.5, 0.6) is 0 Å². The van der Waals surface area contributed by atoms with E-state index in [4.69, 9.17) is 0 Å². The van der Waals surface area contributed by atoms with E-state index in [1.54, 1.807) is 17.5 Å². The summed E-state index contributed by atoms with van der Waals surface area (Å²) in [5, 5.41) is 2.95. The van der Waals surface area contributed by atoms with Gasteiger partial charge in [0.1, 0.15) is 0 Å². The Morgan fingerprint density at radius 3 is 3.00 bits per heavy atom. The molecule has 0 unspecified atom stereocenters. The van der Waals surface area contributed by atoms with Crippen molar-refractivity contribution in [2.75, 3.05) is 6.54 Å². The number of imidazole rings is 1. The van der Waals surface area contributed by atoms with Crippen LogP contribution in [0, 0.1) is 0 Å². The highest BCUT2D eigenvalue weighted by atomic mass is 79.9. The summed E-state index contributed by atoms with van der Waals surface area (Å²) in [6.07, 6.45) is 8.04. The van der Waals surface area contributed by atoms with Crippen LogP contribution in [0.4, 0.5) is 0 Å². The number of amides is 1. The number of hydrogen-bond acceptors (Lipinski definition) is 3. The van der Waals surface area contributed by atoms with E-state index in [-0.39, 0.29) is 5.91 Å². The van der Waals surface area contributed by atoms with E-state index in [2.05, 4.69) is 26.2 Å². The van der Waals surface area contributed by atoms with Crippen LogP contribution < -0.4 is 5.32 Å². The molecular formula is C13H16BrN3OS. The van der Waals surface area contributed by atoms with Crippen LogP contribution in [-0.4, -0.2) is 22.0 Å². The molecular weight excluding hydrogens is 326 g/mol. The minimum absolute atomic E-state index is 0.0944. The minimum Gasteiger partial charge on any atom is -0.356 e. The molecule has 0 aliphatic carbocycles. The van der Waals surface area contributed by atoms with Gasteiger partial charge in [-0.2, -0.15) is 0 Å². The number of rotatable bonds is 7.